The lowest BCUT2D eigenvalue weighted by Gasteiger charge is -2.25. The summed E-state index contributed by atoms with van der Waals surface area (Å²) in [5.74, 6) is 0. The molecule has 0 fully saturated rings. The first-order valence-electron chi connectivity index (χ1n) is 11.4. The molecule has 2 rings (SSSR count). The number of hydrogen-bond donors (Lipinski definition) is 0. The number of nitrogens with zero attached hydrogens (tertiary/aromatic N) is 1. The third-order valence-electron chi connectivity index (χ3n) is 5.69. The largest absolute Gasteiger partial charge is 0.373 e. The quantitative estimate of drug-likeness (QED) is 0.288. The molecule has 0 bridgehead atoms. The van der Waals surface area contributed by atoms with Crippen LogP contribution in [0.3, 0.4) is 0 Å². The molecule has 1 heterocycles. The lowest BCUT2D eigenvalue weighted by Crippen LogP contribution is -2.21. The Labute approximate surface area is 162 Å². The fourth-order valence-electron chi connectivity index (χ4n) is 3.96. The van der Waals surface area contributed by atoms with Crippen LogP contribution in [0.1, 0.15) is 108 Å². The van der Waals surface area contributed by atoms with E-state index in [0.717, 1.165) is 6.54 Å². The SMILES string of the molecule is CCCCCCCCCCCCCCCCN1C=Cc2ccccc2C1. The highest BCUT2D eigenvalue weighted by molar-refractivity contribution is 5.55. The van der Waals surface area contributed by atoms with Crippen LogP contribution >= 0.6 is 0 Å². The average molecular weight is 356 g/mol. The van der Waals surface area contributed by atoms with Crippen molar-refractivity contribution in [1.29, 1.82) is 0 Å². The molecule has 1 heteroatoms. The standard InChI is InChI=1S/C25H41N/c1-2-3-4-5-6-7-8-9-10-11-12-13-14-17-21-26-22-20-24-18-15-16-19-25(24)23-26/h15-16,18-20,22H,2-14,17,21,23H2,1H3. The van der Waals surface area contributed by atoms with Crippen molar-refractivity contribution in [2.75, 3.05) is 6.54 Å². The molecule has 1 aliphatic heterocycles. The third kappa shape index (κ3) is 8.92. The first-order chi connectivity index (χ1) is 12.9. The molecule has 0 aromatic heterocycles. The van der Waals surface area contributed by atoms with Crippen molar-refractivity contribution in [3.05, 3.63) is 41.6 Å². The molecular formula is C25H41N. The highest BCUT2D eigenvalue weighted by Crippen LogP contribution is 2.20. The highest BCUT2D eigenvalue weighted by Gasteiger charge is 2.08. The minimum Gasteiger partial charge on any atom is -0.373 e. The molecule has 0 saturated carbocycles. The van der Waals surface area contributed by atoms with Crippen LogP contribution < -0.4 is 0 Å². The van der Waals surface area contributed by atoms with E-state index in [1.54, 1.807) is 0 Å². The van der Waals surface area contributed by atoms with E-state index in [1.165, 1.54) is 108 Å². The topological polar surface area (TPSA) is 3.24 Å². The van der Waals surface area contributed by atoms with Gasteiger partial charge in [0.15, 0.2) is 0 Å². The Balaban J connectivity index is 1.35. The molecule has 0 saturated heterocycles. The maximum atomic E-state index is 2.48. The molecule has 0 unspecified atom stereocenters. The summed E-state index contributed by atoms with van der Waals surface area (Å²) < 4.78 is 0. The Morgan fingerprint density at radius 1 is 0.692 bits per heavy atom. The molecule has 0 amide bonds. The van der Waals surface area contributed by atoms with Gasteiger partial charge in [0.2, 0.25) is 0 Å². The van der Waals surface area contributed by atoms with Crippen molar-refractivity contribution in [1.82, 2.24) is 4.90 Å². The summed E-state index contributed by atoms with van der Waals surface area (Å²) >= 11 is 0. The van der Waals surface area contributed by atoms with E-state index in [2.05, 4.69) is 48.4 Å². The van der Waals surface area contributed by atoms with Gasteiger partial charge in [0, 0.05) is 13.1 Å². The van der Waals surface area contributed by atoms with Gasteiger partial charge in [0.1, 0.15) is 0 Å². The first-order valence-corrected chi connectivity index (χ1v) is 11.4. The van der Waals surface area contributed by atoms with Gasteiger partial charge >= 0.3 is 0 Å². The Bertz CT molecular complexity index is 491. The highest BCUT2D eigenvalue weighted by atomic mass is 15.1. The Morgan fingerprint density at radius 3 is 1.85 bits per heavy atom. The lowest BCUT2D eigenvalue weighted by atomic mass is 10.0. The zero-order valence-corrected chi connectivity index (χ0v) is 17.2. The van der Waals surface area contributed by atoms with E-state index in [-0.39, 0.29) is 0 Å². The van der Waals surface area contributed by atoms with Crippen molar-refractivity contribution in [3.63, 3.8) is 0 Å². The maximum Gasteiger partial charge on any atom is 0.0429 e. The molecule has 0 aliphatic carbocycles. The number of rotatable bonds is 15. The number of fused-ring (bicyclic) bond motifs is 1. The number of hydrogen-bond acceptors (Lipinski definition) is 1. The molecule has 1 aromatic carbocycles. The summed E-state index contributed by atoms with van der Waals surface area (Å²) in [5, 5.41) is 0. The van der Waals surface area contributed by atoms with Crippen LogP contribution in [0.25, 0.3) is 6.08 Å². The van der Waals surface area contributed by atoms with E-state index < -0.39 is 0 Å². The molecule has 1 aromatic rings. The number of unbranched alkanes of at least 4 members (excludes halogenated alkanes) is 13. The first kappa shape index (κ1) is 21.1. The summed E-state index contributed by atoms with van der Waals surface area (Å²) in [4.78, 5) is 2.48. The minimum atomic E-state index is 1.09. The predicted molar refractivity (Wildman–Crippen MR) is 116 cm³/mol. The molecule has 0 spiro atoms. The lowest BCUT2D eigenvalue weighted by molar-refractivity contribution is 0.353. The predicted octanol–water partition coefficient (Wildman–Crippen LogP) is 7.95. The Morgan fingerprint density at radius 2 is 1.23 bits per heavy atom. The van der Waals surface area contributed by atoms with E-state index >= 15 is 0 Å². The van der Waals surface area contributed by atoms with Gasteiger partial charge < -0.3 is 4.90 Å². The molecule has 0 N–H and O–H groups in total. The van der Waals surface area contributed by atoms with Crippen molar-refractivity contribution in [3.8, 4) is 0 Å². The summed E-state index contributed by atoms with van der Waals surface area (Å²) in [6, 6.07) is 8.77. The van der Waals surface area contributed by atoms with Gasteiger partial charge in [0.05, 0.1) is 0 Å². The summed E-state index contributed by atoms with van der Waals surface area (Å²) in [7, 11) is 0. The summed E-state index contributed by atoms with van der Waals surface area (Å²) in [6.45, 7) is 4.60. The Kier molecular flexibility index (Phi) is 11.3. The van der Waals surface area contributed by atoms with Crippen LogP contribution in [-0.4, -0.2) is 11.4 Å². The molecule has 0 atom stereocenters. The summed E-state index contributed by atoms with van der Waals surface area (Å²) in [5.41, 5.74) is 2.87. The zero-order valence-electron chi connectivity index (χ0n) is 17.2. The van der Waals surface area contributed by atoms with Gasteiger partial charge in [-0.05, 0) is 29.8 Å². The monoisotopic (exact) mass is 355 g/mol. The summed E-state index contributed by atoms with van der Waals surface area (Å²) in [6.07, 6.45) is 24.6. The van der Waals surface area contributed by atoms with Crippen LogP contribution in [0.15, 0.2) is 30.5 Å². The van der Waals surface area contributed by atoms with Gasteiger partial charge in [-0.25, -0.2) is 0 Å². The van der Waals surface area contributed by atoms with Gasteiger partial charge in [-0.1, -0.05) is 115 Å². The van der Waals surface area contributed by atoms with Gasteiger partial charge in [-0.3, -0.25) is 0 Å². The molecule has 1 nitrogen and oxygen atoms in total. The second-order valence-corrected chi connectivity index (χ2v) is 8.08. The van der Waals surface area contributed by atoms with Gasteiger partial charge in [0.25, 0.3) is 0 Å². The van der Waals surface area contributed by atoms with Crippen molar-refractivity contribution < 1.29 is 0 Å². The van der Waals surface area contributed by atoms with Crippen LogP contribution in [0.5, 0.6) is 0 Å². The molecule has 146 valence electrons. The van der Waals surface area contributed by atoms with E-state index in [9.17, 15) is 0 Å². The molecule has 0 radical (unpaired) electrons. The van der Waals surface area contributed by atoms with Crippen LogP contribution in [0, 0.1) is 0 Å². The third-order valence-corrected chi connectivity index (χ3v) is 5.69. The van der Waals surface area contributed by atoms with E-state index in [0.29, 0.717) is 0 Å². The van der Waals surface area contributed by atoms with Crippen molar-refractivity contribution in [2.24, 2.45) is 0 Å². The molecule has 1 aliphatic rings. The molecular weight excluding hydrogens is 314 g/mol. The molecule has 26 heavy (non-hydrogen) atoms. The van der Waals surface area contributed by atoms with Crippen LogP contribution in [-0.2, 0) is 6.54 Å². The van der Waals surface area contributed by atoms with Crippen molar-refractivity contribution in [2.45, 2.75) is 103 Å². The van der Waals surface area contributed by atoms with Crippen LogP contribution in [0.4, 0.5) is 0 Å². The van der Waals surface area contributed by atoms with E-state index in [1.807, 2.05) is 0 Å². The normalized spacial score (nSPS) is 13.2. The van der Waals surface area contributed by atoms with Crippen LogP contribution in [0.2, 0.25) is 0 Å². The van der Waals surface area contributed by atoms with Gasteiger partial charge in [-0.2, -0.15) is 0 Å². The maximum absolute atomic E-state index is 2.48. The fraction of sp³-hybridized carbons (Fsp3) is 0.680. The van der Waals surface area contributed by atoms with Crippen molar-refractivity contribution >= 4 is 6.08 Å². The smallest absolute Gasteiger partial charge is 0.0429 e. The minimum absolute atomic E-state index is 1.09. The average Bonchev–Trinajstić information content (AvgIpc) is 2.68. The Hall–Kier alpha value is -1.24. The second-order valence-electron chi connectivity index (χ2n) is 8.08. The fourth-order valence-corrected chi connectivity index (χ4v) is 3.96. The van der Waals surface area contributed by atoms with E-state index in [4.69, 9.17) is 0 Å². The van der Waals surface area contributed by atoms with Gasteiger partial charge in [-0.15, -0.1) is 0 Å². The number of benzene rings is 1. The zero-order chi connectivity index (χ0) is 18.3. The second kappa shape index (κ2) is 13.9.